The van der Waals surface area contributed by atoms with Gasteiger partial charge >= 0.3 is 0 Å². The highest BCUT2D eigenvalue weighted by atomic mass is 19.1. The summed E-state index contributed by atoms with van der Waals surface area (Å²) in [5, 5.41) is 3.08. The van der Waals surface area contributed by atoms with E-state index in [-0.39, 0.29) is 23.2 Å². The molecule has 1 unspecified atom stereocenters. The molecular weight excluding hydrogens is 496 g/mol. The molecule has 1 N–H and O–H groups in total. The molecule has 3 aromatic heterocycles. The van der Waals surface area contributed by atoms with Gasteiger partial charge in [-0.3, -0.25) is 0 Å². The lowest BCUT2D eigenvalue weighted by molar-refractivity contribution is 0.291. The predicted molar refractivity (Wildman–Crippen MR) is 151 cm³/mol. The average Bonchev–Trinajstić information content (AvgIpc) is 3.09. The number of imidazole rings is 1. The van der Waals surface area contributed by atoms with Crippen LogP contribution in [0.4, 0.5) is 20.5 Å². The number of aryl methyl sites for hydroxylation is 1. The number of aromatic nitrogens is 5. The predicted octanol–water partition coefficient (Wildman–Crippen LogP) is 7.02. The fourth-order valence-electron chi connectivity index (χ4n) is 5.82. The van der Waals surface area contributed by atoms with E-state index in [0.29, 0.717) is 34.6 Å². The molecule has 5 rings (SSSR count). The van der Waals surface area contributed by atoms with Gasteiger partial charge in [-0.25, -0.2) is 28.7 Å². The molecule has 206 valence electrons. The Balaban J connectivity index is 1.36. The summed E-state index contributed by atoms with van der Waals surface area (Å²) in [6.45, 7) is 13.8. The van der Waals surface area contributed by atoms with Crippen molar-refractivity contribution >= 4 is 22.8 Å². The molecule has 4 heterocycles. The number of benzene rings is 1. The van der Waals surface area contributed by atoms with Crippen LogP contribution in [0, 0.1) is 24.5 Å². The number of halogens is 2. The maximum atomic E-state index is 15.0. The van der Waals surface area contributed by atoms with Crippen molar-refractivity contribution in [1.29, 1.82) is 0 Å². The third kappa shape index (κ3) is 5.64. The van der Waals surface area contributed by atoms with Crippen molar-refractivity contribution in [3.8, 4) is 11.3 Å². The summed E-state index contributed by atoms with van der Waals surface area (Å²) in [6.07, 6.45) is 6.66. The average molecular weight is 534 g/mol. The van der Waals surface area contributed by atoms with Crippen molar-refractivity contribution in [3.05, 3.63) is 59.7 Å². The number of hydrogen-bond donors (Lipinski definition) is 1. The molecule has 4 aromatic rings. The molecule has 7 nitrogen and oxygen atoms in total. The van der Waals surface area contributed by atoms with E-state index in [1.807, 2.05) is 37.6 Å². The van der Waals surface area contributed by atoms with E-state index < -0.39 is 11.6 Å². The quantitative estimate of drug-likeness (QED) is 0.275. The van der Waals surface area contributed by atoms with Gasteiger partial charge in [0.25, 0.3) is 0 Å². The first-order valence-electron chi connectivity index (χ1n) is 13.9. The van der Waals surface area contributed by atoms with E-state index in [1.165, 1.54) is 37.4 Å². The maximum Gasteiger partial charge on any atom is 0.229 e. The summed E-state index contributed by atoms with van der Waals surface area (Å²) in [4.78, 5) is 20.0. The van der Waals surface area contributed by atoms with Gasteiger partial charge in [-0.1, -0.05) is 19.9 Å². The van der Waals surface area contributed by atoms with E-state index in [9.17, 15) is 8.78 Å². The van der Waals surface area contributed by atoms with Crippen LogP contribution < -0.4 is 5.32 Å². The summed E-state index contributed by atoms with van der Waals surface area (Å²) in [7, 11) is 0. The van der Waals surface area contributed by atoms with E-state index in [1.54, 1.807) is 6.07 Å². The minimum Gasteiger partial charge on any atom is -0.326 e. The van der Waals surface area contributed by atoms with Gasteiger partial charge < -0.3 is 14.8 Å². The van der Waals surface area contributed by atoms with Gasteiger partial charge in [0.1, 0.15) is 22.9 Å². The van der Waals surface area contributed by atoms with E-state index in [2.05, 4.69) is 50.1 Å². The highest BCUT2D eigenvalue weighted by Crippen LogP contribution is 2.33. The van der Waals surface area contributed by atoms with Crippen LogP contribution in [0.1, 0.15) is 70.3 Å². The molecule has 9 heteroatoms. The molecule has 0 aliphatic carbocycles. The first-order chi connectivity index (χ1) is 18.7. The van der Waals surface area contributed by atoms with Crippen molar-refractivity contribution in [2.24, 2.45) is 5.92 Å². The van der Waals surface area contributed by atoms with Gasteiger partial charge in [0.15, 0.2) is 11.6 Å². The normalized spacial score (nSPS) is 17.5. The molecule has 2 atom stereocenters. The van der Waals surface area contributed by atoms with E-state index in [0.717, 1.165) is 19.3 Å². The summed E-state index contributed by atoms with van der Waals surface area (Å²) in [5.74, 6) is 1.37. The monoisotopic (exact) mass is 533 g/mol. The topological polar surface area (TPSA) is 71.8 Å². The number of fused-ring (bicyclic) bond motifs is 1. The molecule has 0 radical (unpaired) electrons. The van der Waals surface area contributed by atoms with E-state index >= 15 is 0 Å². The van der Waals surface area contributed by atoms with Crippen LogP contribution in [0.5, 0.6) is 0 Å². The second-order valence-electron chi connectivity index (χ2n) is 10.9. The van der Waals surface area contributed by atoms with Crippen molar-refractivity contribution in [2.45, 2.75) is 65.8 Å². The summed E-state index contributed by atoms with van der Waals surface area (Å²) >= 11 is 0. The zero-order valence-corrected chi connectivity index (χ0v) is 23.4. The number of anilines is 2. The SMILES string of the molecule is CCN1CCCC([C@H](C)c2ccc(Nc3ncc(F)c(-c4cc(F)c5nc(C)n(C(C)C)c5c4)n3)nc2)CC1. The third-order valence-electron chi connectivity index (χ3n) is 8.03. The van der Waals surface area contributed by atoms with Crippen LogP contribution in [-0.2, 0) is 0 Å². The smallest absolute Gasteiger partial charge is 0.229 e. The number of nitrogens with zero attached hydrogens (tertiary/aromatic N) is 6. The van der Waals surface area contributed by atoms with Gasteiger partial charge in [-0.15, -0.1) is 0 Å². The second kappa shape index (κ2) is 11.3. The molecule has 1 saturated heterocycles. The van der Waals surface area contributed by atoms with Crippen LogP contribution in [0.25, 0.3) is 22.3 Å². The molecule has 0 amide bonds. The minimum absolute atomic E-state index is 0.0159. The number of rotatable bonds is 7. The molecular formula is C30H37F2N7. The van der Waals surface area contributed by atoms with Crippen molar-refractivity contribution in [2.75, 3.05) is 25.0 Å². The summed E-state index contributed by atoms with van der Waals surface area (Å²) in [5.41, 5.74) is 2.42. The maximum absolute atomic E-state index is 15.0. The highest BCUT2D eigenvalue weighted by molar-refractivity contribution is 5.83. The summed E-state index contributed by atoms with van der Waals surface area (Å²) < 4.78 is 31.8. The molecule has 1 aromatic carbocycles. The summed E-state index contributed by atoms with van der Waals surface area (Å²) in [6, 6.07) is 7.07. The lowest BCUT2D eigenvalue weighted by Gasteiger charge is -2.23. The fourth-order valence-corrected chi connectivity index (χ4v) is 5.82. The van der Waals surface area contributed by atoms with Gasteiger partial charge in [0, 0.05) is 17.8 Å². The van der Waals surface area contributed by atoms with Crippen LogP contribution in [0.3, 0.4) is 0 Å². The van der Waals surface area contributed by atoms with Crippen molar-refractivity contribution in [3.63, 3.8) is 0 Å². The van der Waals surface area contributed by atoms with Gasteiger partial charge in [-0.2, -0.15) is 0 Å². The molecule has 39 heavy (non-hydrogen) atoms. The number of nitrogens with one attached hydrogen (secondary N) is 1. The van der Waals surface area contributed by atoms with Crippen LogP contribution in [0.2, 0.25) is 0 Å². The van der Waals surface area contributed by atoms with Crippen LogP contribution in [-0.4, -0.2) is 49.0 Å². The third-order valence-corrected chi connectivity index (χ3v) is 8.03. The van der Waals surface area contributed by atoms with Crippen molar-refractivity contribution in [1.82, 2.24) is 29.4 Å². The number of pyridine rings is 1. The lowest BCUT2D eigenvalue weighted by Crippen LogP contribution is -2.24. The molecule has 0 saturated carbocycles. The Morgan fingerprint density at radius 1 is 1.00 bits per heavy atom. The fraction of sp³-hybridized carbons (Fsp3) is 0.467. The molecule has 1 aliphatic heterocycles. The Kier molecular flexibility index (Phi) is 7.88. The Labute approximate surface area is 228 Å². The molecule has 0 bridgehead atoms. The molecule has 0 spiro atoms. The zero-order valence-electron chi connectivity index (χ0n) is 23.4. The van der Waals surface area contributed by atoms with Gasteiger partial charge in [0.2, 0.25) is 5.95 Å². The Hall–Kier alpha value is -3.46. The van der Waals surface area contributed by atoms with Crippen molar-refractivity contribution < 1.29 is 8.78 Å². The van der Waals surface area contributed by atoms with Crippen LogP contribution >= 0.6 is 0 Å². The van der Waals surface area contributed by atoms with E-state index in [4.69, 9.17) is 0 Å². The number of hydrogen-bond acceptors (Lipinski definition) is 6. The molecule has 1 aliphatic rings. The number of likely N-dealkylation sites (tertiary alicyclic amines) is 1. The first-order valence-corrected chi connectivity index (χ1v) is 13.9. The Bertz CT molecular complexity index is 1450. The lowest BCUT2D eigenvalue weighted by atomic mass is 9.83. The standard InChI is InChI=1S/C30H37F2N7/c1-6-38-12-7-8-21(11-13-38)19(4)22-9-10-27(33-16-22)36-30-34-17-25(32)28(37-30)23-14-24(31)29-26(15-23)39(18(2)3)20(5)35-29/h9-10,14-19,21H,6-8,11-13H2,1-5H3,(H,33,34,36,37)/t19-,21?/m0/s1. The van der Waals surface area contributed by atoms with Crippen LogP contribution in [0.15, 0.2) is 36.7 Å². The Morgan fingerprint density at radius 3 is 2.54 bits per heavy atom. The molecule has 1 fully saturated rings. The van der Waals surface area contributed by atoms with Gasteiger partial charge in [-0.05, 0) is 95.3 Å². The minimum atomic E-state index is -0.631. The highest BCUT2D eigenvalue weighted by Gasteiger charge is 2.23. The first kappa shape index (κ1) is 27.1. The van der Waals surface area contributed by atoms with Gasteiger partial charge in [0.05, 0.1) is 11.7 Å². The second-order valence-corrected chi connectivity index (χ2v) is 10.9. The Morgan fingerprint density at radius 2 is 1.82 bits per heavy atom. The zero-order chi connectivity index (χ0) is 27.7. The largest absolute Gasteiger partial charge is 0.326 e.